The van der Waals surface area contributed by atoms with E-state index in [1.165, 1.54) is 12.1 Å². The molecule has 1 saturated heterocycles. The van der Waals surface area contributed by atoms with Crippen LogP contribution >= 0.6 is 15.9 Å². The molecule has 3 fully saturated rings. The number of hydrogen-bond acceptors (Lipinski definition) is 4. The van der Waals surface area contributed by atoms with Gasteiger partial charge < -0.3 is 19.7 Å². The molecular weight excluding hydrogens is 539 g/mol. The van der Waals surface area contributed by atoms with E-state index in [0.29, 0.717) is 36.9 Å². The van der Waals surface area contributed by atoms with Gasteiger partial charge in [-0.2, -0.15) is 0 Å². The number of amides is 2. The summed E-state index contributed by atoms with van der Waals surface area (Å²) in [6.45, 7) is 1.82. The number of carbonyl (C=O) groups is 2. The standard InChI is InChI=1S/C29H32BrFN2O4/c1-36-25-8-6-22(30)14-20(25)5-9-27(34)32-23-16-29(17-23)10-12-33(13-11-29)28(35)21-4-7-26(24(31)15-21)37-18-19-2-3-19/h4-9,14-15,19,23H,2-3,10-13,16-18H2,1H3,(H,32,34)/b9-5+. The van der Waals surface area contributed by atoms with Crippen LogP contribution in [0.5, 0.6) is 11.5 Å². The number of benzene rings is 2. The third kappa shape index (κ3) is 6.17. The smallest absolute Gasteiger partial charge is 0.253 e. The molecule has 2 aliphatic carbocycles. The van der Waals surface area contributed by atoms with Gasteiger partial charge in [0.05, 0.1) is 13.7 Å². The molecule has 1 spiro atoms. The van der Waals surface area contributed by atoms with E-state index in [4.69, 9.17) is 9.47 Å². The first-order chi connectivity index (χ1) is 17.8. The molecule has 37 heavy (non-hydrogen) atoms. The van der Waals surface area contributed by atoms with Crippen molar-refractivity contribution in [3.63, 3.8) is 0 Å². The number of methoxy groups -OCH3 is 1. The molecule has 1 aliphatic heterocycles. The Morgan fingerprint density at radius 3 is 2.54 bits per heavy atom. The van der Waals surface area contributed by atoms with Crippen LogP contribution in [0.2, 0.25) is 0 Å². The van der Waals surface area contributed by atoms with Crippen LogP contribution < -0.4 is 14.8 Å². The third-order valence-corrected chi connectivity index (χ3v) is 8.27. The molecular formula is C29H32BrFN2O4. The van der Waals surface area contributed by atoms with Gasteiger partial charge in [0, 0.05) is 40.8 Å². The molecule has 1 heterocycles. The fourth-order valence-electron chi connectivity index (χ4n) is 5.36. The summed E-state index contributed by atoms with van der Waals surface area (Å²) in [6, 6.07) is 10.3. The van der Waals surface area contributed by atoms with Crippen molar-refractivity contribution in [2.24, 2.45) is 11.3 Å². The maximum absolute atomic E-state index is 14.4. The van der Waals surface area contributed by atoms with Gasteiger partial charge in [-0.05, 0) is 92.3 Å². The topological polar surface area (TPSA) is 67.9 Å². The van der Waals surface area contributed by atoms with E-state index in [-0.39, 0.29) is 29.0 Å². The summed E-state index contributed by atoms with van der Waals surface area (Å²) in [5, 5.41) is 3.09. The quantitative estimate of drug-likeness (QED) is 0.419. The fourth-order valence-corrected chi connectivity index (χ4v) is 5.73. The number of likely N-dealkylation sites (tertiary alicyclic amines) is 1. The Bertz CT molecular complexity index is 1200. The Balaban J connectivity index is 1.08. The molecule has 2 aromatic carbocycles. The van der Waals surface area contributed by atoms with Crippen molar-refractivity contribution in [2.75, 3.05) is 26.8 Å². The van der Waals surface area contributed by atoms with Crippen molar-refractivity contribution in [1.29, 1.82) is 0 Å². The highest BCUT2D eigenvalue weighted by Gasteiger charge is 2.46. The molecule has 0 unspecified atom stereocenters. The maximum atomic E-state index is 14.4. The summed E-state index contributed by atoms with van der Waals surface area (Å²) in [5.74, 6) is 0.718. The van der Waals surface area contributed by atoms with E-state index in [0.717, 1.165) is 48.6 Å². The molecule has 0 radical (unpaired) electrons. The number of ether oxygens (including phenoxy) is 2. The van der Waals surface area contributed by atoms with Crippen molar-refractivity contribution >= 4 is 33.8 Å². The highest BCUT2D eigenvalue weighted by Crippen LogP contribution is 2.49. The first-order valence-corrected chi connectivity index (χ1v) is 13.7. The summed E-state index contributed by atoms with van der Waals surface area (Å²) in [7, 11) is 1.60. The molecule has 5 rings (SSSR count). The number of carbonyl (C=O) groups excluding carboxylic acids is 2. The second-order valence-electron chi connectivity index (χ2n) is 10.5. The second-order valence-corrected chi connectivity index (χ2v) is 11.4. The van der Waals surface area contributed by atoms with Gasteiger partial charge in [0.25, 0.3) is 5.91 Å². The Hall–Kier alpha value is -2.87. The van der Waals surface area contributed by atoms with E-state index < -0.39 is 5.82 Å². The number of nitrogens with zero attached hydrogens (tertiary/aromatic N) is 1. The molecule has 6 nitrogen and oxygen atoms in total. The molecule has 1 N–H and O–H groups in total. The predicted molar refractivity (Wildman–Crippen MR) is 143 cm³/mol. The lowest BCUT2D eigenvalue weighted by Gasteiger charge is -2.52. The molecule has 196 valence electrons. The predicted octanol–water partition coefficient (Wildman–Crippen LogP) is 5.60. The highest BCUT2D eigenvalue weighted by molar-refractivity contribution is 9.10. The summed E-state index contributed by atoms with van der Waals surface area (Å²) >= 11 is 3.44. The van der Waals surface area contributed by atoms with Crippen molar-refractivity contribution in [1.82, 2.24) is 10.2 Å². The van der Waals surface area contributed by atoms with Gasteiger partial charge >= 0.3 is 0 Å². The van der Waals surface area contributed by atoms with Crippen LogP contribution in [0.4, 0.5) is 4.39 Å². The first-order valence-electron chi connectivity index (χ1n) is 12.9. The Morgan fingerprint density at radius 1 is 1.14 bits per heavy atom. The number of rotatable bonds is 8. The minimum atomic E-state index is -0.482. The van der Waals surface area contributed by atoms with Crippen LogP contribution in [0.1, 0.15) is 54.4 Å². The molecule has 2 aromatic rings. The van der Waals surface area contributed by atoms with Crippen molar-refractivity contribution in [3.8, 4) is 11.5 Å². The molecule has 0 aromatic heterocycles. The van der Waals surface area contributed by atoms with Crippen molar-refractivity contribution < 1.29 is 23.5 Å². The SMILES string of the molecule is COc1ccc(Br)cc1/C=C/C(=O)NC1CC2(CCN(C(=O)c3ccc(OCC4CC4)c(F)c3)CC2)C1. The normalized spacial score (nSPS) is 19.1. The van der Waals surface area contributed by atoms with Gasteiger partial charge in [0.2, 0.25) is 5.91 Å². The van der Waals surface area contributed by atoms with Crippen LogP contribution in [0, 0.1) is 17.2 Å². The summed E-state index contributed by atoms with van der Waals surface area (Å²) in [4.78, 5) is 27.2. The number of hydrogen-bond donors (Lipinski definition) is 1. The summed E-state index contributed by atoms with van der Waals surface area (Å²) in [5.41, 5.74) is 1.35. The number of nitrogens with one attached hydrogen (secondary N) is 1. The summed E-state index contributed by atoms with van der Waals surface area (Å²) in [6.07, 6.45) is 9.18. The Labute approximate surface area is 225 Å². The largest absolute Gasteiger partial charge is 0.496 e. The maximum Gasteiger partial charge on any atom is 0.253 e. The van der Waals surface area contributed by atoms with Gasteiger partial charge in [0.1, 0.15) is 5.75 Å². The molecule has 2 amide bonds. The van der Waals surface area contributed by atoms with Crippen molar-refractivity contribution in [2.45, 2.75) is 44.6 Å². The average Bonchev–Trinajstić information content (AvgIpc) is 3.70. The van der Waals surface area contributed by atoms with Crippen LogP contribution in [-0.2, 0) is 4.79 Å². The number of piperidine rings is 1. The van der Waals surface area contributed by atoms with E-state index in [2.05, 4.69) is 21.2 Å². The first kappa shape index (κ1) is 25.8. The molecule has 0 bridgehead atoms. The lowest BCUT2D eigenvalue weighted by Crippen LogP contribution is -2.55. The second kappa shape index (κ2) is 10.9. The zero-order valence-electron chi connectivity index (χ0n) is 21.0. The monoisotopic (exact) mass is 570 g/mol. The van der Waals surface area contributed by atoms with Gasteiger partial charge in [-0.1, -0.05) is 15.9 Å². The molecule has 0 atom stereocenters. The van der Waals surface area contributed by atoms with Gasteiger partial charge in [-0.3, -0.25) is 9.59 Å². The highest BCUT2D eigenvalue weighted by atomic mass is 79.9. The van der Waals surface area contributed by atoms with Crippen LogP contribution in [0.3, 0.4) is 0 Å². The molecule has 2 saturated carbocycles. The zero-order valence-corrected chi connectivity index (χ0v) is 22.6. The van der Waals surface area contributed by atoms with Gasteiger partial charge in [0.15, 0.2) is 11.6 Å². The average molecular weight is 571 g/mol. The minimum Gasteiger partial charge on any atom is -0.496 e. The number of halogens is 2. The van der Waals surface area contributed by atoms with E-state index in [1.807, 2.05) is 23.1 Å². The van der Waals surface area contributed by atoms with Gasteiger partial charge in [-0.15, -0.1) is 0 Å². The third-order valence-electron chi connectivity index (χ3n) is 7.77. The fraction of sp³-hybridized carbons (Fsp3) is 0.448. The van der Waals surface area contributed by atoms with Gasteiger partial charge in [-0.25, -0.2) is 4.39 Å². The van der Waals surface area contributed by atoms with Crippen LogP contribution in [-0.4, -0.2) is 49.6 Å². The van der Waals surface area contributed by atoms with Crippen LogP contribution in [0.25, 0.3) is 6.08 Å². The van der Waals surface area contributed by atoms with E-state index >= 15 is 0 Å². The Kier molecular flexibility index (Phi) is 7.56. The summed E-state index contributed by atoms with van der Waals surface area (Å²) < 4.78 is 26.3. The molecule has 8 heteroatoms. The minimum absolute atomic E-state index is 0.124. The lowest BCUT2D eigenvalue weighted by molar-refractivity contribution is -0.119. The zero-order chi connectivity index (χ0) is 26.0. The molecule has 3 aliphatic rings. The van der Waals surface area contributed by atoms with Crippen LogP contribution in [0.15, 0.2) is 46.9 Å². The van der Waals surface area contributed by atoms with E-state index in [1.54, 1.807) is 25.3 Å². The lowest BCUT2D eigenvalue weighted by atomic mass is 9.60. The van der Waals surface area contributed by atoms with Crippen molar-refractivity contribution in [3.05, 3.63) is 63.9 Å². The Morgan fingerprint density at radius 2 is 1.86 bits per heavy atom. The van der Waals surface area contributed by atoms with E-state index in [9.17, 15) is 14.0 Å².